The summed E-state index contributed by atoms with van der Waals surface area (Å²) < 4.78 is 5.12. The number of nitrogens with zero attached hydrogens (tertiary/aromatic N) is 1. The van der Waals surface area contributed by atoms with E-state index in [4.69, 9.17) is 10.5 Å². The zero-order valence-electron chi connectivity index (χ0n) is 10.6. The molecule has 5 heteroatoms. The first kappa shape index (κ1) is 12.9. The zero-order chi connectivity index (χ0) is 13.0. The molecule has 1 aliphatic rings. The Hall–Kier alpha value is -1.59. The number of benzene rings is 1. The van der Waals surface area contributed by atoms with E-state index in [9.17, 15) is 4.79 Å². The molecule has 1 saturated heterocycles. The van der Waals surface area contributed by atoms with Crippen LogP contribution in [0.4, 0.5) is 0 Å². The van der Waals surface area contributed by atoms with E-state index < -0.39 is 0 Å². The quantitative estimate of drug-likeness (QED) is 0.796. The number of carbonyl (C=O) groups is 1. The number of hydrogen-bond donors (Lipinski definition) is 2. The summed E-state index contributed by atoms with van der Waals surface area (Å²) in [6, 6.07) is 7.16. The lowest BCUT2D eigenvalue weighted by Gasteiger charge is -2.33. The number of nitrogens with two attached hydrogens (primary N) is 1. The number of carbonyl (C=O) groups excluding carboxylic acids is 1. The molecule has 0 aliphatic carbocycles. The van der Waals surface area contributed by atoms with Gasteiger partial charge >= 0.3 is 0 Å². The topological polar surface area (TPSA) is 67.6 Å². The highest BCUT2D eigenvalue weighted by Gasteiger charge is 2.26. The van der Waals surface area contributed by atoms with E-state index in [1.165, 1.54) is 0 Å². The van der Waals surface area contributed by atoms with E-state index in [1.54, 1.807) is 7.11 Å². The number of piperazine rings is 1. The van der Waals surface area contributed by atoms with Crippen molar-refractivity contribution < 1.29 is 9.53 Å². The Morgan fingerprint density at radius 1 is 1.33 bits per heavy atom. The number of rotatable bonds is 4. The molecule has 1 unspecified atom stereocenters. The van der Waals surface area contributed by atoms with Gasteiger partial charge in [-0.1, -0.05) is 12.1 Å². The Bertz CT molecular complexity index is 399. The van der Waals surface area contributed by atoms with Gasteiger partial charge in [0.2, 0.25) is 5.91 Å². The number of amides is 1. The van der Waals surface area contributed by atoms with Crippen molar-refractivity contribution in [3.63, 3.8) is 0 Å². The van der Waals surface area contributed by atoms with Gasteiger partial charge in [-0.2, -0.15) is 0 Å². The summed E-state index contributed by atoms with van der Waals surface area (Å²) in [4.78, 5) is 13.8. The largest absolute Gasteiger partial charge is 0.497 e. The molecule has 2 rings (SSSR count). The van der Waals surface area contributed by atoms with E-state index >= 15 is 0 Å². The summed E-state index contributed by atoms with van der Waals surface area (Å²) >= 11 is 0. The van der Waals surface area contributed by atoms with Gasteiger partial charge in [0.25, 0.3) is 0 Å². The third-order valence-electron chi connectivity index (χ3n) is 3.22. The maximum atomic E-state index is 11.7. The van der Waals surface area contributed by atoms with Gasteiger partial charge in [-0.3, -0.25) is 9.69 Å². The number of hydrogen-bond acceptors (Lipinski definition) is 4. The highest BCUT2D eigenvalue weighted by atomic mass is 16.5. The molecule has 1 atom stereocenters. The minimum Gasteiger partial charge on any atom is -0.497 e. The van der Waals surface area contributed by atoms with Crippen molar-refractivity contribution in [1.82, 2.24) is 10.2 Å². The molecule has 0 saturated carbocycles. The van der Waals surface area contributed by atoms with Crippen LogP contribution < -0.4 is 15.8 Å². The van der Waals surface area contributed by atoms with Gasteiger partial charge in [0.15, 0.2) is 0 Å². The molecule has 5 nitrogen and oxygen atoms in total. The average molecular weight is 249 g/mol. The summed E-state index contributed by atoms with van der Waals surface area (Å²) in [6.45, 7) is 3.44. The molecule has 1 amide bonds. The highest BCUT2D eigenvalue weighted by Crippen LogP contribution is 2.23. The average Bonchev–Trinajstić information content (AvgIpc) is 2.40. The molecule has 1 aliphatic heterocycles. The molecule has 1 fully saturated rings. The predicted molar refractivity (Wildman–Crippen MR) is 69.4 cm³/mol. The van der Waals surface area contributed by atoms with Crippen molar-refractivity contribution in [3.8, 4) is 5.75 Å². The summed E-state index contributed by atoms with van der Waals surface area (Å²) in [5, 5.41) is 3.26. The summed E-state index contributed by atoms with van der Waals surface area (Å²) in [5.74, 6) is 0.476. The van der Waals surface area contributed by atoms with E-state index in [0.717, 1.165) is 37.5 Å². The predicted octanol–water partition coefficient (Wildman–Crippen LogP) is 0.127. The fraction of sp³-hybridized carbons (Fsp3) is 0.462. The summed E-state index contributed by atoms with van der Waals surface area (Å²) in [6.07, 6.45) is 0. The molecule has 0 aromatic heterocycles. The van der Waals surface area contributed by atoms with Crippen LogP contribution in [0.5, 0.6) is 5.75 Å². The van der Waals surface area contributed by atoms with Crippen LogP contribution in [-0.4, -0.2) is 44.1 Å². The smallest absolute Gasteiger partial charge is 0.239 e. The van der Waals surface area contributed by atoms with Crippen molar-refractivity contribution in [2.24, 2.45) is 5.73 Å². The van der Waals surface area contributed by atoms with Gasteiger partial charge in [0.05, 0.1) is 7.11 Å². The van der Waals surface area contributed by atoms with Crippen LogP contribution in [0, 0.1) is 0 Å². The van der Waals surface area contributed by atoms with Crippen LogP contribution in [0.15, 0.2) is 24.3 Å². The third kappa shape index (κ3) is 2.80. The van der Waals surface area contributed by atoms with Crippen molar-refractivity contribution in [3.05, 3.63) is 29.8 Å². The SMILES string of the molecule is COc1ccc(C(C(N)=O)N2CCNCC2)cc1. The zero-order valence-corrected chi connectivity index (χ0v) is 10.6. The molecule has 3 N–H and O–H groups in total. The second-order valence-corrected chi connectivity index (χ2v) is 4.36. The Labute approximate surface area is 107 Å². The first-order valence-electron chi connectivity index (χ1n) is 6.10. The normalized spacial score (nSPS) is 18.3. The first-order valence-corrected chi connectivity index (χ1v) is 6.10. The van der Waals surface area contributed by atoms with Crippen LogP contribution in [0.25, 0.3) is 0 Å². The fourth-order valence-electron chi connectivity index (χ4n) is 2.28. The van der Waals surface area contributed by atoms with Gasteiger partial charge in [-0.15, -0.1) is 0 Å². The molecule has 98 valence electrons. The van der Waals surface area contributed by atoms with Crippen molar-refractivity contribution in [2.45, 2.75) is 6.04 Å². The molecule has 0 spiro atoms. The van der Waals surface area contributed by atoms with Crippen LogP contribution in [0.3, 0.4) is 0 Å². The van der Waals surface area contributed by atoms with Gasteiger partial charge < -0.3 is 15.8 Å². The minimum atomic E-state index is -0.349. The summed E-state index contributed by atoms with van der Waals surface area (Å²) in [5.41, 5.74) is 6.46. The van der Waals surface area contributed by atoms with Crippen molar-refractivity contribution >= 4 is 5.91 Å². The third-order valence-corrected chi connectivity index (χ3v) is 3.22. The van der Waals surface area contributed by atoms with Gasteiger partial charge in [0.1, 0.15) is 11.8 Å². The van der Waals surface area contributed by atoms with E-state index in [-0.39, 0.29) is 11.9 Å². The molecule has 1 heterocycles. The maximum Gasteiger partial charge on any atom is 0.239 e. The molecule has 18 heavy (non-hydrogen) atoms. The number of primary amides is 1. The molecule has 1 aromatic carbocycles. The van der Waals surface area contributed by atoms with Crippen LogP contribution in [-0.2, 0) is 4.79 Å². The Kier molecular flexibility index (Phi) is 4.17. The second-order valence-electron chi connectivity index (χ2n) is 4.36. The maximum absolute atomic E-state index is 11.7. The minimum absolute atomic E-state index is 0.304. The van der Waals surface area contributed by atoms with Crippen LogP contribution >= 0.6 is 0 Å². The first-order chi connectivity index (χ1) is 8.72. The second kappa shape index (κ2) is 5.84. The molecule has 0 radical (unpaired) electrons. The molecular weight excluding hydrogens is 230 g/mol. The van der Waals surface area contributed by atoms with Gasteiger partial charge in [0, 0.05) is 26.2 Å². The Morgan fingerprint density at radius 3 is 2.44 bits per heavy atom. The number of methoxy groups -OCH3 is 1. The molecule has 1 aromatic rings. The lowest BCUT2D eigenvalue weighted by Crippen LogP contribution is -2.48. The number of nitrogens with one attached hydrogen (secondary N) is 1. The van der Waals surface area contributed by atoms with E-state index in [1.807, 2.05) is 24.3 Å². The van der Waals surface area contributed by atoms with Crippen LogP contribution in [0.1, 0.15) is 11.6 Å². The standard InChI is InChI=1S/C13H19N3O2/c1-18-11-4-2-10(3-5-11)12(13(14)17)16-8-6-15-7-9-16/h2-5,12,15H,6-9H2,1H3,(H2,14,17). The summed E-state index contributed by atoms with van der Waals surface area (Å²) in [7, 11) is 1.62. The Balaban J connectivity index is 2.20. The van der Waals surface area contributed by atoms with Gasteiger partial charge in [-0.05, 0) is 17.7 Å². The monoisotopic (exact) mass is 249 g/mol. The van der Waals surface area contributed by atoms with Gasteiger partial charge in [-0.25, -0.2) is 0 Å². The van der Waals surface area contributed by atoms with Crippen molar-refractivity contribution in [1.29, 1.82) is 0 Å². The van der Waals surface area contributed by atoms with E-state index in [0.29, 0.717) is 0 Å². The fourth-order valence-corrected chi connectivity index (χ4v) is 2.28. The Morgan fingerprint density at radius 2 is 1.94 bits per heavy atom. The van der Waals surface area contributed by atoms with Crippen molar-refractivity contribution in [2.75, 3.05) is 33.3 Å². The lowest BCUT2D eigenvalue weighted by atomic mass is 10.0. The highest BCUT2D eigenvalue weighted by molar-refractivity contribution is 5.81. The molecule has 0 bridgehead atoms. The van der Waals surface area contributed by atoms with E-state index in [2.05, 4.69) is 10.2 Å². The lowest BCUT2D eigenvalue weighted by molar-refractivity contribution is -0.123. The number of ether oxygens (including phenoxy) is 1. The van der Waals surface area contributed by atoms with Crippen LogP contribution in [0.2, 0.25) is 0 Å². The molecular formula is C13H19N3O2.